The maximum Gasteiger partial charge on any atom is 0.156 e. The molecule has 0 amide bonds. The van der Waals surface area contributed by atoms with Gasteiger partial charge < -0.3 is 4.74 Å². The number of hydrogen-bond acceptors (Lipinski definition) is 3. The van der Waals surface area contributed by atoms with Gasteiger partial charge in [0.25, 0.3) is 0 Å². The molecule has 2 rings (SSSR count). The Morgan fingerprint density at radius 3 is 2.93 bits per heavy atom. The van der Waals surface area contributed by atoms with Crippen LogP contribution in [0.4, 0.5) is 0 Å². The third kappa shape index (κ3) is 2.79. The Labute approximate surface area is 89.9 Å². The van der Waals surface area contributed by atoms with Crippen molar-refractivity contribution < 1.29 is 4.74 Å². The van der Waals surface area contributed by atoms with E-state index >= 15 is 0 Å². The molecule has 0 spiro atoms. The standard InChI is InChI=1S/C12H14N2O/c13-8-12-10-14(6-7-15-12)9-11-4-2-1-3-5-11/h1-5,12H,6-7,9-10H2/t12-/m1/s1. The summed E-state index contributed by atoms with van der Waals surface area (Å²) in [5.41, 5.74) is 1.29. The molecule has 0 aromatic heterocycles. The largest absolute Gasteiger partial charge is 0.361 e. The Morgan fingerprint density at radius 1 is 1.40 bits per heavy atom. The maximum absolute atomic E-state index is 8.77. The van der Waals surface area contributed by atoms with Crippen molar-refractivity contribution in [2.24, 2.45) is 0 Å². The monoisotopic (exact) mass is 202 g/mol. The molecule has 78 valence electrons. The van der Waals surface area contributed by atoms with Crippen LogP contribution in [0.5, 0.6) is 0 Å². The minimum Gasteiger partial charge on any atom is -0.361 e. The van der Waals surface area contributed by atoms with Gasteiger partial charge in [0.1, 0.15) is 0 Å². The van der Waals surface area contributed by atoms with Crippen molar-refractivity contribution in [2.75, 3.05) is 19.7 Å². The predicted octanol–water partition coefficient (Wildman–Crippen LogP) is 1.41. The summed E-state index contributed by atoms with van der Waals surface area (Å²) in [6.07, 6.45) is -0.262. The fourth-order valence-corrected chi connectivity index (χ4v) is 1.77. The van der Waals surface area contributed by atoms with E-state index < -0.39 is 0 Å². The SMILES string of the molecule is N#C[C@@H]1CN(Cc2ccccc2)CCO1. The van der Waals surface area contributed by atoms with Crippen molar-refractivity contribution in [1.29, 1.82) is 5.26 Å². The number of hydrogen-bond donors (Lipinski definition) is 0. The second kappa shape index (κ2) is 4.92. The lowest BCUT2D eigenvalue weighted by molar-refractivity contribution is -0.00269. The highest BCUT2D eigenvalue weighted by Crippen LogP contribution is 2.09. The Bertz CT molecular complexity index is 344. The molecule has 0 radical (unpaired) electrons. The number of morpholine rings is 1. The number of nitrogens with zero attached hydrogens (tertiary/aromatic N) is 2. The molecule has 1 atom stereocenters. The van der Waals surface area contributed by atoms with Gasteiger partial charge in [0.15, 0.2) is 6.10 Å². The van der Waals surface area contributed by atoms with E-state index in [1.165, 1.54) is 5.56 Å². The van der Waals surface area contributed by atoms with Crippen LogP contribution in [-0.2, 0) is 11.3 Å². The van der Waals surface area contributed by atoms with Gasteiger partial charge in [-0.1, -0.05) is 30.3 Å². The van der Waals surface area contributed by atoms with E-state index in [-0.39, 0.29) is 6.10 Å². The van der Waals surface area contributed by atoms with Crippen LogP contribution in [0.15, 0.2) is 30.3 Å². The average molecular weight is 202 g/mol. The van der Waals surface area contributed by atoms with Gasteiger partial charge in [-0.3, -0.25) is 4.90 Å². The Hall–Kier alpha value is -1.37. The summed E-state index contributed by atoms with van der Waals surface area (Å²) < 4.78 is 5.29. The first-order valence-corrected chi connectivity index (χ1v) is 5.16. The molecular weight excluding hydrogens is 188 g/mol. The highest BCUT2D eigenvalue weighted by molar-refractivity contribution is 5.14. The first-order valence-electron chi connectivity index (χ1n) is 5.16. The minimum atomic E-state index is -0.262. The van der Waals surface area contributed by atoms with Crippen LogP contribution in [0.1, 0.15) is 5.56 Å². The molecule has 1 aromatic carbocycles. The highest BCUT2D eigenvalue weighted by atomic mass is 16.5. The van der Waals surface area contributed by atoms with Crippen molar-refractivity contribution in [3.8, 4) is 6.07 Å². The van der Waals surface area contributed by atoms with E-state index in [2.05, 4.69) is 23.1 Å². The number of rotatable bonds is 2. The lowest BCUT2D eigenvalue weighted by Crippen LogP contribution is -2.41. The number of nitriles is 1. The van der Waals surface area contributed by atoms with E-state index in [0.29, 0.717) is 13.2 Å². The summed E-state index contributed by atoms with van der Waals surface area (Å²) in [7, 11) is 0. The van der Waals surface area contributed by atoms with Gasteiger partial charge in [0.2, 0.25) is 0 Å². The van der Waals surface area contributed by atoms with E-state index in [0.717, 1.165) is 13.1 Å². The quantitative estimate of drug-likeness (QED) is 0.727. The van der Waals surface area contributed by atoms with Gasteiger partial charge in [-0.05, 0) is 5.56 Å². The molecule has 0 aliphatic carbocycles. The van der Waals surface area contributed by atoms with E-state index in [9.17, 15) is 0 Å². The third-order valence-corrected chi connectivity index (χ3v) is 2.54. The van der Waals surface area contributed by atoms with Gasteiger partial charge in [0.05, 0.1) is 12.7 Å². The topological polar surface area (TPSA) is 36.3 Å². The van der Waals surface area contributed by atoms with Crippen molar-refractivity contribution in [3.63, 3.8) is 0 Å². The van der Waals surface area contributed by atoms with Crippen molar-refractivity contribution in [2.45, 2.75) is 12.6 Å². The smallest absolute Gasteiger partial charge is 0.156 e. The summed E-state index contributed by atoms with van der Waals surface area (Å²) in [5, 5.41) is 8.77. The van der Waals surface area contributed by atoms with Crippen molar-refractivity contribution >= 4 is 0 Å². The molecule has 3 heteroatoms. The normalized spacial score (nSPS) is 22.2. The maximum atomic E-state index is 8.77. The predicted molar refractivity (Wildman–Crippen MR) is 57.1 cm³/mol. The molecule has 0 bridgehead atoms. The summed E-state index contributed by atoms with van der Waals surface area (Å²) in [4.78, 5) is 2.26. The summed E-state index contributed by atoms with van der Waals surface area (Å²) in [5.74, 6) is 0. The van der Waals surface area contributed by atoms with E-state index in [1.54, 1.807) is 0 Å². The number of ether oxygens (including phenoxy) is 1. The lowest BCUT2D eigenvalue weighted by atomic mass is 10.2. The Kier molecular flexibility index (Phi) is 3.33. The fraction of sp³-hybridized carbons (Fsp3) is 0.417. The molecule has 1 aliphatic rings. The molecule has 1 saturated heterocycles. The van der Waals surface area contributed by atoms with Crippen LogP contribution in [0.3, 0.4) is 0 Å². The first-order chi connectivity index (χ1) is 7.38. The summed E-state index contributed by atoms with van der Waals surface area (Å²) >= 11 is 0. The van der Waals surface area contributed by atoms with Gasteiger partial charge >= 0.3 is 0 Å². The molecule has 0 saturated carbocycles. The van der Waals surface area contributed by atoms with Crippen LogP contribution in [0, 0.1) is 11.3 Å². The van der Waals surface area contributed by atoms with Crippen LogP contribution < -0.4 is 0 Å². The average Bonchev–Trinajstić information content (AvgIpc) is 2.31. The second-order valence-electron chi connectivity index (χ2n) is 3.71. The van der Waals surface area contributed by atoms with E-state index in [4.69, 9.17) is 10.00 Å². The highest BCUT2D eigenvalue weighted by Gasteiger charge is 2.19. The molecule has 1 aliphatic heterocycles. The zero-order valence-corrected chi connectivity index (χ0v) is 8.60. The lowest BCUT2D eigenvalue weighted by Gasteiger charge is -2.29. The zero-order chi connectivity index (χ0) is 10.5. The van der Waals surface area contributed by atoms with Crippen LogP contribution >= 0.6 is 0 Å². The molecule has 3 nitrogen and oxygen atoms in total. The van der Waals surface area contributed by atoms with Crippen molar-refractivity contribution in [3.05, 3.63) is 35.9 Å². The van der Waals surface area contributed by atoms with Gasteiger partial charge in [-0.2, -0.15) is 5.26 Å². The van der Waals surface area contributed by atoms with Gasteiger partial charge in [-0.15, -0.1) is 0 Å². The summed E-state index contributed by atoms with van der Waals surface area (Å²) in [6.45, 7) is 3.19. The van der Waals surface area contributed by atoms with Gasteiger partial charge in [-0.25, -0.2) is 0 Å². The van der Waals surface area contributed by atoms with Crippen LogP contribution in [-0.4, -0.2) is 30.7 Å². The van der Waals surface area contributed by atoms with Crippen LogP contribution in [0.25, 0.3) is 0 Å². The molecule has 1 aromatic rings. The zero-order valence-electron chi connectivity index (χ0n) is 8.60. The Balaban J connectivity index is 1.93. The van der Waals surface area contributed by atoms with Gasteiger partial charge in [0, 0.05) is 19.6 Å². The minimum absolute atomic E-state index is 0.262. The summed E-state index contributed by atoms with van der Waals surface area (Å²) in [6, 6.07) is 12.5. The third-order valence-electron chi connectivity index (χ3n) is 2.54. The fourth-order valence-electron chi connectivity index (χ4n) is 1.77. The second-order valence-corrected chi connectivity index (χ2v) is 3.71. The molecule has 15 heavy (non-hydrogen) atoms. The molecule has 1 heterocycles. The van der Waals surface area contributed by atoms with E-state index in [1.807, 2.05) is 18.2 Å². The first kappa shape index (κ1) is 10.2. The molecule has 1 fully saturated rings. The molecule has 0 N–H and O–H groups in total. The van der Waals surface area contributed by atoms with Crippen molar-refractivity contribution in [1.82, 2.24) is 4.90 Å². The number of benzene rings is 1. The molecule has 0 unspecified atom stereocenters. The van der Waals surface area contributed by atoms with Crippen LogP contribution in [0.2, 0.25) is 0 Å². The Morgan fingerprint density at radius 2 is 2.20 bits per heavy atom. The molecular formula is C12H14N2O.